The van der Waals surface area contributed by atoms with Crippen LogP contribution in [0.3, 0.4) is 0 Å². The van der Waals surface area contributed by atoms with E-state index in [1.807, 2.05) is 29.3 Å². The SMILES string of the molecule is COC1(C)CCCN(C(=O)C(N)c2cccs2)C1. The van der Waals surface area contributed by atoms with Crippen molar-refractivity contribution in [3.8, 4) is 0 Å². The lowest BCUT2D eigenvalue weighted by atomic mass is 9.94. The van der Waals surface area contributed by atoms with Crippen LogP contribution >= 0.6 is 11.3 Å². The first-order valence-corrected chi connectivity index (χ1v) is 7.07. The van der Waals surface area contributed by atoms with E-state index in [0.29, 0.717) is 6.54 Å². The summed E-state index contributed by atoms with van der Waals surface area (Å²) in [4.78, 5) is 15.1. The van der Waals surface area contributed by atoms with E-state index >= 15 is 0 Å². The Morgan fingerprint density at radius 2 is 2.44 bits per heavy atom. The highest BCUT2D eigenvalue weighted by Gasteiger charge is 2.35. The van der Waals surface area contributed by atoms with Crippen LogP contribution in [0.15, 0.2) is 17.5 Å². The Balaban J connectivity index is 2.05. The highest BCUT2D eigenvalue weighted by Crippen LogP contribution is 2.26. The average Bonchev–Trinajstić information content (AvgIpc) is 2.91. The van der Waals surface area contributed by atoms with Crippen molar-refractivity contribution in [2.24, 2.45) is 5.73 Å². The number of hydrogen-bond acceptors (Lipinski definition) is 4. The predicted octanol–water partition coefficient (Wildman–Crippen LogP) is 1.78. The van der Waals surface area contributed by atoms with E-state index in [-0.39, 0.29) is 11.5 Å². The van der Waals surface area contributed by atoms with Crippen LogP contribution < -0.4 is 5.73 Å². The molecule has 2 N–H and O–H groups in total. The first-order valence-electron chi connectivity index (χ1n) is 6.19. The number of hydrogen-bond donors (Lipinski definition) is 1. The van der Waals surface area contributed by atoms with Gasteiger partial charge in [-0.05, 0) is 31.2 Å². The summed E-state index contributed by atoms with van der Waals surface area (Å²) in [6, 6.07) is 3.29. The number of piperidine rings is 1. The Kier molecular flexibility index (Phi) is 4.04. The summed E-state index contributed by atoms with van der Waals surface area (Å²) in [5, 5.41) is 1.94. The molecule has 1 aromatic heterocycles. The average molecular weight is 268 g/mol. The van der Waals surface area contributed by atoms with Crippen molar-refractivity contribution in [3.63, 3.8) is 0 Å². The van der Waals surface area contributed by atoms with E-state index in [1.54, 1.807) is 7.11 Å². The van der Waals surface area contributed by atoms with Crippen molar-refractivity contribution in [2.75, 3.05) is 20.2 Å². The molecule has 2 atom stereocenters. The predicted molar refractivity (Wildman–Crippen MR) is 72.5 cm³/mol. The molecule has 1 amide bonds. The second-order valence-corrected chi connectivity index (χ2v) is 5.99. The minimum absolute atomic E-state index is 0.000394. The van der Waals surface area contributed by atoms with Gasteiger partial charge < -0.3 is 15.4 Å². The molecule has 1 aliphatic heterocycles. The normalized spacial score (nSPS) is 26.1. The van der Waals surface area contributed by atoms with Crippen LogP contribution in [0.1, 0.15) is 30.7 Å². The molecule has 100 valence electrons. The van der Waals surface area contributed by atoms with Gasteiger partial charge in [0, 0.05) is 25.1 Å². The summed E-state index contributed by atoms with van der Waals surface area (Å²) >= 11 is 1.53. The molecule has 1 aromatic rings. The van der Waals surface area contributed by atoms with Gasteiger partial charge in [0.15, 0.2) is 0 Å². The lowest BCUT2D eigenvalue weighted by Crippen LogP contribution is -2.51. The van der Waals surface area contributed by atoms with Gasteiger partial charge in [0.25, 0.3) is 0 Å². The number of nitrogens with zero attached hydrogens (tertiary/aromatic N) is 1. The van der Waals surface area contributed by atoms with Gasteiger partial charge in [-0.1, -0.05) is 6.07 Å². The second-order valence-electron chi connectivity index (χ2n) is 5.01. The number of nitrogens with two attached hydrogens (primary N) is 1. The van der Waals surface area contributed by atoms with Gasteiger partial charge in [-0.15, -0.1) is 11.3 Å². The molecule has 0 bridgehead atoms. The third-order valence-corrected chi connectivity index (χ3v) is 4.53. The molecule has 0 aliphatic carbocycles. The quantitative estimate of drug-likeness (QED) is 0.909. The highest BCUT2D eigenvalue weighted by molar-refractivity contribution is 7.10. The van der Waals surface area contributed by atoms with Crippen LogP contribution in [-0.4, -0.2) is 36.6 Å². The topological polar surface area (TPSA) is 55.6 Å². The summed E-state index contributed by atoms with van der Waals surface area (Å²) < 4.78 is 5.50. The maximum absolute atomic E-state index is 12.4. The largest absolute Gasteiger partial charge is 0.377 e. The number of methoxy groups -OCH3 is 1. The Morgan fingerprint density at radius 1 is 1.67 bits per heavy atom. The van der Waals surface area contributed by atoms with Crippen LogP contribution in [0.4, 0.5) is 0 Å². The zero-order chi connectivity index (χ0) is 13.2. The third-order valence-electron chi connectivity index (χ3n) is 3.58. The number of rotatable bonds is 3. The lowest BCUT2D eigenvalue weighted by Gasteiger charge is -2.40. The van der Waals surface area contributed by atoms with E-state index < -0.39 is 6.04 Å². The van der Waals surface area contributed by atoms with Gasteiger partial charge in [-0.2, -0.15) is 0 Å². The molecule has 2 heterocycles. The summed E-state index contributed by atoms with van der Waals surface area (Å²) in [7, 11) is 1.70. The smallest absolute Gasteiger partial charge is 0.245 e. The molecule has 0 saturated carbocycles. The fraction of sp³-hybridized carbons (Fsp3) is 0.615. The summed E-state index contributed by atoms with van der Waals surface area (Å²) in [6.07, 6.45) is 1.95. The van der Waals surface area contributed by atoms with Gasteiger partial charge in [0.1, 0.15) is 6.04 Å². The van der Waals surface area contributed by atoms with Crippen LogP contribution in [-0.2, 0) is 9.53 Å². The number of carbonyl (C=O) groups excluding carboxylic acids is 1. The molecular formula is C13H20N2O2S. The molecule has 0 spiro atoms. The second kappa shape index (κ2) is 5.38. The van der Waals surface area contributed by atoms with Crippen molar-refractivity contribution in [2.45, 2.75) is 31.4 Å². The standard InChI is InChI=1S/C13H20N2O2S/c1-13(17-2)6-4-7-15(9-13)12(16)11(14)10-5-3-8-18-10/h3,5,8,11H,4,6-7,9,14H2,1-2H3. The van der Waals surface area contributed by atoms with Crippen molar-refractivity contribution in [3.05, 3.63) is 22.4 Å². The first-order chi connectivity index (χ1) is 8.56. The van der Waals surface area contributed by atoms with Crippen LogP contribution in [0.25, 0.3) is 0 Å². The fourth-order valence-corrected chi connectivity index (χ4v) is 3.07. The lowest BCUT2D eigenvalue weighted by molar-refractivity contribution is -0.140. The Hall–Kier alpha value is -0.910. The Morgan fingerprint density at radius 3 is 3.06 bits per heavy atom. The molecule has 1 saturated heterocycles. The molecule has 1 aliphatic rings. The highest BCUT2D eigenvalue weighted by atomic mass is 32.1. The zero-order valence-corrected chi connectivity index (χ0v) is 11.7. The van der Waals surface area contributed by atoms with E-state index in [0.717, 1.165) is 24.3 Å². The van der Waals surface area contributed by atoms with Crippen molar-refractivity contribution >= 4 is 17.2 Å². The van der Waals surface area contributed by atoms with E-state index in [9.17, 15) is 4.79 Å². The molecule has 2 unspecified atom stereocenters. The van der Waals surface area contributed by atoms with Gasteiger partial charge in [0.05, 0.1) is 5.60 Å². The van der Waals surface area contributed by atoms with E-state index in [2.05, 4.69) is 0 Å². The van der Waals surface area contributed by atoms with Gasteiger partial charge >= 0.3 is 0 Å². The van der Waals surface area contributed by atoms with Gasteiger partial charge in [0.2, 0.25) is 5.91 Å². The summed E-state index contributed by atoms with van der Waals surface area (Å²) in [5.41, 5.74) is 5.79. The number of likely N-dealkylation sites (tertiary alicyclic amines) is 1. The molecule has 2 rings (SSSR count). The van der Waals surface area contributed by atoms with Crippen LogP contribution in [0.2, 0.25) is 0 Å². The minimum Gasteiger partial charge on any atom is -0.377 e. The molecule has 0 radical (unpaired) electrons. The first kappa shape index (κ1) is 13.5. The maximum atomic E-state index is 12.4. The summed E-state index contributed by atoms with van der Waals surface area (Å²) in [5.74, 6) is 0.000394. The van der Waals surface area contributed by atoms with Gasteiger partial charge in [-0.3, -0.25) is 4.79 Å². The number of amides is 1. The van der Waals surface area contributed by atoms with E-state index in [4.69, 9.17) is 10.5 Å². The molecule has 4 nitrogen and oxygen atoms in total. The molecule has 0 aromatic carbocycles. The fourth-order valence-electron chi connectivity index (χ4n) is 2.35. The molecule has 18 heavy (non-hydrogen) atoms. The molecular weight excluding hydrogens is 248 g/mol. The number of ether oxygens (including phenoxy) is 1. The molecule has 5 heteroatoms. The number of thiophene rings is 1. The molecule has 1 fully saturated rings. The number of carbonyl (C=O) groups is 1. The minimum atomic E-state index is -0.538. The Labute approximate surface area is 112 Å². The van der Waals surface area contributed by atoms with Crippen LogP contribution in [0.5, 0.6) is 0 Å². The monoisotopic (exact) mass is 268 g/mol. The van der Waals surface area contributed by atoms with Crippen molar-refractivity contribution in [1.82, 2.24) is 4.90 Å². The van der Waals surface area contributed by atoms with Crippen LogP contribution in [0, 0.1) is 0 Å². The van der Waals surface area contributed by atoms with Gasteiger partial charge in [-0.25, -0.2) is 0 Å². The third kappa shape index (κ3) is 2.74. The summed E-state index contributed by atoms with van der Waals surface area (Å²) in [6.45, 7) is 3.45. The van der Waals surface area contributed by atoms with Crippen molar-refractivity contribution in [1.29, 1.82) is 0 Å². The zero-order valence-electron chi connectivity index (χ0n) is 10.9. The van der Waals surface area contributed by atoms with E-state index in [1.165, 1.54) is 11.3 Å². The Bertz CT molecular complexity index is 407. The maximum Gasteiger partial charge on any atom is 0.245 e. The van der Waals surface area contributed by atoms with Crippen molar-refractivity contribution < 1.29 is 9.53 Å².